The van der Waals surface area contributed by atoms with Gasteiger partial charge in [0.2, 0.25) is 0 Å². The number of rotatable bonds is 10. The van der Waals surface area contributed by atoms with Crippen molar-refractivity contribution in [3.8, 4) is 5.75 Å². The van der Waals surface area contributed by atoms with Crippen LogP contribution in [0.25, 0.3) is 0 Å². The molecule has 5 nitrogen and oxygen atoms in total. The number of benzene rings is 1. The van der Waals surface area contributed by atoms with Crippen LogP contribution < -0.4 is 10.1 Å². The van der Waals surface area contributed by atoms with Crippen LogP contribution in [0.3, 0.4) is 0 Å². The van der Waals surface area contributed by atoms with Gasteiger partial charge in [0.25, 0.3) is 0 Å². The average molecular weight is 283 g/mol. The number of hydrogen-bond donors (Lipinski definition) is 2. The molecule has 0 aromatic heterocycles. The summed E-state index contributed by atoms with van der Waals surface area (Å²) < 4.78 is 15.7. The van der Waals surface area contributed by atoms with Gasteiger partial charge in [-0.1, -0.05) is 6.07 Å². The zero-order chi connectivity index (χ0) is 14.8. The minimum atomic E-state index is -0.568. The molecule has 0 spiro atoms. The Balaban J connectivity index is 2.30. The van der Waals surface area contributed by atoms with Crippen molar-refractivity contribution < 1.29 is 19.3 Å². The van der Waals surface area contributed by atoms with Crippen LogP contribution in [-0.2, 0) is 9.47 Å². The van der Waals surface area contributed by atoms with Crippen LogP contribution in [0, 0.1) is 6.92 Å². The summed E-state index contributed by atoms with van der Waals surface area (Å²) in [5.41, 5.74) is 2.01. The summed E-state index contributed by atoms with van der Waals surface area (Å²) in [5.74, 6) is 0.764. The Morgan fingerprint density at radius 3 is 2.70 bits per heavy atom. The van der Waals surface area contributed by atoms with E-state index in [1.165, 1.54) is 0 Å². The Labute approximate surface area is 120 Å². The van der Waals surface area contributed by atoms with E-state index in [9.17, 15) is 5.11 Å². The molecule has 0 fully saturated rings. The van der Waals surface area contributed by atoms with Crippen molar-refractivity contribution in [1.82, 2.24) is 0 Å². The largest absolute Gasteiger partial charge is 0.495 e. The van der Waals surface area contributed by atoms with Crippen LogP contribution in [0.5, 0.6) is 5.75 Å². The molecular weight excluding hydrogens is 258 g/mol. The van der Waals surface area contributed by atoms with Gasteiger partial charge in [0.1, 0.15) is 5.75 Å². The highest BCUT2D eigenvalue weighted by atomic mass is 16.5. The van der Waals surface area contributed by atoms with Gasteiger partial charge in [-0.15, -0.1) is 0 Å². The molecule has 1 atom stereocenters. The average Bonchev–Trinajstić information content (AvgIpc) is 2.45. The zero-order valence-electron chi connectivity index (χ0n) is 12.5. The minimum absolute atomic E-state index is 0.286. The van der Waals surface area contributed by atoms with E-state index in [1.807, 2.05) is 32.0 Å². The zero-order valence-corrected chi connectivity index (χ0v) is 12.5. The number of aliphatic hydroxyl groups is 1. The van der Waals surface area contributed by atoms with Gasteiger partial charge in [-0.25, -0.2) is 0 Å². The molecule has 0 aliphatic carbocycles. The van der Waals surface area contributed by atoms with E-state index in [0.717, 1.165) is 17.0 Å². The predicted octanol–water partition coefficient (Wildman–Crippen LogP) is 1.83. The molecule has 0 aliphatic rings. The highest BCUT2D eigenvalue weighted by Gasteiger charge is 2.07. The molecule has 0 aliphatic heterocycles. The smallest absolute Gasteiger partial charge is 0.141 e. The van der Waals surface area contributed by atoms with E-state index in [1.54, 1.807) is 7.11 Å². The first kappa shape index (κ1) is 16.8. The number of anilines is 1. The first-order chi connectivity index (χ1) is 9.67. The summed E-state index contributed by atoms with van der Waals surface area (Å²) in [7, 11) is 1.63. The Hall–Kier alpha value is -1.30. The molecule has 0 radical (unpaired) electrons. The second-order valence-corrected chi connectivity index (χ2v) is 4.51. The number of aryl methyl sites for hydroxylation is 1. The SMILES string of the molecule is CCOCCOCC(O)CNc1cc(C)ccc1OC. The summed E-state index contributed by atoms with van der Waals surface area (Å²) in [6, 6.07) is 5.88. The Morgan fingerprint density at radius 2 is 2.00 bits per heavy atom. The van der Waals surface area contributed by atoms with Gasteiger partial charge in [-0.2, -0.15) is 0 Å². The molecular formula is C15H25NO4. The van der Waals surface area contributed by atoms with Gasteiger partial charge in [-0.3, -0.25) is 0 Å². The molecule has 114 valence electrons. The van der Waals surface area contributed by atoms with E-state index in [0.29, 0.717) is 26.4 Å². The highest BCUT2D eigenvalue weighted by molar-refractivity contribution is 5.58. The summed E-state index contributed by atoms with van der Waals surface area (Å²) in [6.45, 7) is 6.39. The van der Waals surface area contributed by atoms with Gasteiger partial charge in [0, 0.05) is 13.2 Å². The topological polar surface area (TPSA) is 60.0 Å². The van der Waals surface area contributed by atoms with Gasteiger partial charge in [0.15, 0.2) is 0 Å². The summed E-state index contributed by atoms with van der Waals surface area (Å²) >= 11 is 0. The first-order valence-electron chi connectivity index (χ1n) is 6.89. The fourth-order valence-corrected chi connectivity index (χ4v) is 1.73. The fourth-order valence-electron chi connectivity index (χ4n) is 1.73. The Morgan fingerprint density at radius 1 is 1.25 bits per heavy atom. The normalized spacial score (nSPS) is 12.2. The molecule has 1 aromatic rings. The van der Waals surface area contributed by atoms with Crippen LogP contribution in [0.1, 0.15) is 12.5 Å². The third-order valence-corrected chi connectivity index (χ3v) is 2.77. The van der Waals surface area contributed by atoms with Crippen LogP contribution in [-0.4, -0.2) is 51.3 Å². The molecule has 1 unspecified atom stereocenters. The maximum Gasteiger partial charge on any atom is 0.141 e. The fraction of sp³-hybridized carbons (Fsp3) is 0.600. The van der Waals surface area contributed by atoms with Crippen LogP contribution in [0.2, 0.25) is 0 Å². The number of nitrogens with one attached hydrogen (secondary N) is 1. The van der Waals surface area contributed by atoms with Crippen molar-refractivity contribution in [1.29, 1.82) is 0 Å². The van der Waals surface area contributed by atoms with Crippen molar-refractivity contribution in [2.24, 2.45) is 0 Å². The second-order valence-electron chi connectivity index (χ2n) is 4.51. The highest BCUT2D eigenvalue weighted by Crippen LogP contribution is 2.24. The Bertz CT molecular complexity index is 384. The number of ether oxygens (including phenoxy) is 3. The maximum absolute atomic E-state index is 9.83. The molecule has 0 amide bonds. The van der Waals surface area contributed by atoms with Crippen molar-refractivity contribution >= 4 is 5.69 Å². The predicted molar refractivity (Wildman–Crippen MR) is 79.5 cm³/mol. The van der Waals surface area contributed by atoms with Crippen molar-refractivity contribution in [2.75, 3.05) is 45.4 Å². The van der Waals surface area contributed by atoms with Gasteiger partial charge >= 0.3 is 0 Å². The van der Waals surface area contributed by atoms with Gasteiger partial charge in [0.05, 0.1) is 38.7 Å². The lowest BCUT2D eigenvalue weighted by Gasteiger charge is -2.15. The molecule has 5 heteroatoms. The summed E-state index contributed by atoms with van der Waals surface area (Å²) in [4.78, 5) is 0. The molecule has 20 heavy (non-hydrogen) atoms. The molecule has 0 saturated carbocycles. The molecule has 1 rings (SSSR count). The molecule has 0 heterocycles. The summed E-state index contributed by atoms with van der Waals surface area (Å²) in [5, 5.41) is 13.0. The lowest BCUT2D eigenvalue weighted by atomic mass is 10.2. The maximum atomic E-state index is 9.83. The van der Waals surface area contributed by atoms with Crippen LogP contribution >= 0.6 is 0 Å². The van der Waals surface area contributed by atoms with Crippen LogP contribution in [0.4, 0.5) is 5.69 Å². The van der Waals surface area contributed by atoms with E-state index in [-0.39, 0.29) is 6.61 Å². The van der Waals surface area contributed by atoms with Gasteiger partial charge in [-0.05, 0) is 31.5 Å². The van der Waals surface area contributed by atoms with Crippen LogP contribution in [0.15, 0.2) is 18.2 Å². The molecule has 0 bridgehead atoms. The summed E-state index contributed by atoms with van der Waals surface area (Å²) in [6.07, 6.45) is -0.568. The minimum Gasteiger partial charge on any atom is -0.495 e. The lowest BCUT2D eigenvalue weighted by Crippen LogP contribution is -2.25. The number of hydrogen-bond acceptors (Lipinski definition) is 5. The lowest BCUT2D eigenvalue weighted by molar-refractivity contribution is 0.0103. The standard InChI is InChI=1S/C15H25NO4/c1-4-19-7-8-20-11-13(17)10-16-14-9-12(2)5-6-15(14)18-3/h5-6,9,13,16-17H,4,7-8,10-11H2,1-3H3. The Kier molecular flexibility index (Phi) is 8.02. The third kappa shape index (κ3) is 6.23. The number of aliphatic hydroxyl groups excluding tert-OH is 1. The molecule has 2 N–H and O–H groups in total. The molecule has 1 aromatic carbocycles. The van der Waals surface area contributed by atoms with E-state index in [2.05, 4.69) is 5.32 Å². The third-order valence-electron chi connectivity index (χ3n) is 2.77. The quantitative estimate of drug-likeness (QED) is 0.642. The van der Waals surface area contributed by atoms with Gasteiger partial charge < -0.3 is 24.6 Å². The van der Waals surface area contributed by atoms with Crippen molar-refractivity contribution in [2.45, 2.75) is 20.0 Å². The second kappa shape index (κ2) is 9.58. The number of methoxy groups -OCH3 is 1. The van der Waals surface area contributed by atoms with E-state index >= 15 is 0 Å². The van der Waals surface area contributed by atoms with Crippen molar-refractivity contribution in [3.63, 3.8) is 0 Å². The van der Waals surface area contributed by atoms with E-state index in [4.69, 9.17) is 14.2 Å². The first-order valence-corrected chi connectivity index (χ1v) is 6.89. The van der Waals surface area contributed by atoms with Crippen molar-refractivity contribution in [3.05, 3.63) is 23.8 Å². The van der Waals surface area contributed by atoms with E-state index < -0.39 is 6.10 Å². The molecule has 0 saturated heterocycles. The monoisotopic (exact) mass is 283 g/mol.